The summed E-state index contributed by atoms with van der Waals surface area (Å²) in [6.45, 7) is 3.11. The van der Waals surface area contributed by atoms with Crippen LogP contribution in [0, 0.1) is 0 Å². The van der Waals surface area contributed by atoms with Crippen molar-refractivity contribution in [1.29, 1.82) is 0 Å². The topological polar surface area (TPSA) is 75.2 Å². The molecule has 0 radical (unpaired) electrons. The SMILES string of the molecule is CCOc1cc(CN(C)c2ncnc3c(OC)c(OC)c(OC)cc23)ccc1OC. The van der Waals surface area contributed by atoms with E-state index in [2.05, 4.69) is 9.97 Å². The molecule has 0 spiro atoms. The second-order valence-corrected chi connectivity index (χ2v) is 6.51. The largest absolute Gasteiger partial charge is 0.493 e. The second-order valence-electron chi connectivity index (χ2n) is 6.51. The third kappa shape index (κ3) is 3.98. The highest BCUT2D eigenvalue weighted by atomic mass is 16.5. The summed E-state index contributed by atoms with van der Waals surface area (Å²) in [5.41, 5.74) is 1.71. The van der Waals surface area contributed by atoms with E-state index >= 15 is 0 Å². The first kappa shape index (κ1) is 21.3. The van der Waals surface area contributed by atoms with Crippen LogP contribution in [-0.2, 0) is 6.54 Å². The number of benzene rings is 2. The van der Waals surface area contributed by atoms with Gasteiger partial charge in [0.05, 0.1) is 40.4 Å². The maximum absolute atomic E-state index is 5.70. The first-order chi connectivity index (χ1) is 14.6. The van der Waals surface area contributed by atoms with E-state index in [1.807, 2.05) is 43.1 Å². The number of fused-ring (bicyclic) bond motifs is 1. The zero-order valence-corrected chi connectivity index (χ0v) is 18.2. The van der Waals surface area contributed by atoms with Crippen LogP contribution in [0.1, 0.15) is 12.5 Å². The summed E-state index contributed by atoms with van der Waals surface area (Å²) < 4.78 is 27.6. The van der Waals surface area contributed by atoms with Crippen LogP contribution in [0.2, 0.25) is 0 Å². The highest BCUT2D eigenvalue weighted by Gasteiger charge is 2.21. The number of nitrogens with zero attached hydrogens (tertiary/aromatic N) is 3. The molecule has 1 aromatic heterocycles. The summed E-state index contributed by atoms with van der Waals surface area (Å²) in [5.74, 6) is 3.72. The number of hydrogen-bond acceptors (Lipinski definition) is 8. The van der Waals surface area contributed by atoms with Crippen LogP contribution >= 0.6 is 0 Å². The van der Waals surface area contributed by atoms with Gasteiger partial charge in [-0.3, -0.25) is 0 Å². The van der Waals surface area contributed by atoms with Crippen LogP contribution in [0.25, 0.3) is 10.9 Å². The Morgan fingerprint density at radius 1 is 0.833 bits per heavy atom. The van der Waals surface area contributed by atoms with Crippen molar-refractivity contribution >= 4 is 16.7 Å². The molecule has 0 amide bonds. The van der Waals surface area contributed by atoms with E-state index in [1.165, 1.54) is 6.33 Å². The van der Waals surface area contributed by atoms with E-state index in [9.17, 15) is 0 Å². The summed E-state index contributed by atoms with van der Waals surface area (Å²) in [6.07, 6.45) is 1.52. The summed E-state index contributed by atoms with van der Waals surface area (Å²) in [7, 11) is 8.33. The molecule has 8 heteroatoms. The van der Waals surface area contributed by atoms with E-state index in [1.54, 1.807) is 28.4 Å². The average molecular weight is 413 g/mol. The van der Waals surface area contributed by atoms with Gasteiger partial charge in [-0.25, -0.2) is 9.97 Å². The quantitative estimate of drug-likeness (QED) is 0.526. The molecule has 160 valence electrons. The molecule has 3 aromatic rings. The highest BCUT2D eigenvalue weighted by Crippen LogP contribution is 2.44. The minimum absolute atomic E-state index is 0.497. The lowest BCUT2D eigenvalue weighted by molar-refractivity contribution is 0.310. The highest BCUT2D eigenvalue weighted by molar-refractivity contribution is 5.96. The molecular weight excluding hydrogens is 386 g/mol. The van der Waals surface area contributed by atoms with Gasteiger partial charge in [-0.05, 0) is 30.7 Å². The fourth-order valence-corrected chi connectivity index (χ4v) is 3.39. The molecule has 3 rings (SSSR count). The summed E-state index contributed by atoms with van der Waals surface area (Å²) in [6, 6.07) is 7.75. The van der Waals surface area contributed by atoms with Crippen molar-refractivity contribution in [3.05, 3.63) is 36.2 Å². The predicted octanol–water partition coefficient (Wildman–Crippen LogP) is 3.70. The predicted molar refractivity (Wildman–Crippen MR) is 115 cm³/mol. The van der Waals surface area contributed by atoms with Crippen LogP contribution in [0.15, 0.2) is 30.6 Å². The number of ether oxygens (including phenoxy) is 5. The maximum Gasteiger partial charge on any atom is 0.205 e. The van der Waals surface area contributed by atoms with Crippen molar-refractivity contribution in [1.82, 2.24) is 9.97 Å². The molecule has 30 heavy (non-hydrogen) atoms. The summed E-state index contributed by atoms with van der Waals surface area (Å²) >= 11 is 0. The zero-order chi connectivity index (χ0) is 21.7. The minimum Gasteiger partial charge on any atom is -0.493 e. The van der Waals surface area contributed by atoms with Crippen molar-refractivity contribution < 1.29 is 23.7 Å². The maximum atomic E-state index is 5.70. The van der Waals surface area contributed by atoms with Crippen LogP contribution in [0.3, 0.4) is 0 Å². The molecule has 0 aliphatic rings. The van der Waals surface area contributed by atoms with Crippen molar-refractivity contribution in [2.45, 2.75) is 13.5 Å². The van der Waals surface area contributed by atoms with Crippen LogP contribution in [-0.4, -0.2) is 52.1 Å². The monoisotopic (exact) mass is 413 g/mol. The summed E-state index contributed by atoms with van der Waals surface area (Å²) in [4.78, 5) is 11.0. The van der Waals surface area contributed by atoms with Gasteiger partial charge in [0.25, 0.3) is 0 Å². The molecule has 2 aromatic carbocycles. The van der Waals surface area contributed by atoms with Gasteiger partial charge in [-0.15, -0.1) is 0 Å². The molecule has 0 fully saturated rings. The van der Waals surface area contributed by atoms with E-state index in [0.29, 0.717) is 47.4 Å². The Morgan fingerprint density at radius 2 is 1.57 bits per heavy atom. The molecular formula is C22H27N3O5. The molecule has 8 nitrogen and oxygen atoms in total. The lowest BCUT2D eigenvalue weighted by Gasteiger charge is -2.22. The second kappa shape index (κ2) is 9.39. The molecule has 0 saturated carbocycles. The standard InChI is InChI=1S/C22H27N3O5/c1-7-30-17-10-14(8-9-16(17)26-3)12-25(2)22-15-11-18(27-4)20(28-5)21(29-6)19(15)23-13-24-22/h8-11,13H,7,12H2,1-6H3. The van der Waals surface area contributed by atoms with Gasteiger partial charge >= 0.3 is 0 Å². The Hall–Kier alpha value is -3.42. The smallest absolute Gasteiger partial charge is 0.205 e. The van der Waals surface area contributed by atoms with Gasteiger partial charge in [0, 0.05) is 13.6 Å². The molecule has 0 atom stereocenters. The zero-order valence-electron chi connectivity index (χ0n) is 18.2. The third-order valence-electron chi connectivity index (χ3n) is 4.72. The van der Waals surface area contributed by atoms with E-state index in [0.717, 1.165) is 16.8 Å². The van der Waals surface area contributed by atoms with Crippen molar-refractivity contribution in [3.8, 4) is 28.7 Å². The van der Waals surface area contributed by atoms with Crippen molar-refractivity contribution in [2.24, 2.45) is 0 Å². The molecule has 0 aliphatic carbocycles. The van der Waals surface area contributed by atoms with Gasteiger partial charge in [-0.2, -0.15) is 0 Å². The van der Waals surface area contributed by atoms with Crippen LogP contribution < -0.4 is 28.6 Å². The van der Waals surface area contributed by atoms with Crippen LogP contribution in [0.4, 0.5) is 5.82 Å². The van der Waals surface area contributed by atoms with E-state index < -0.39 is 0 Å². The molecule has 0 unspecified atom stereocenters. The minimum atomic E-state index is 0.497. The number of anilines is 1. The van der Waals surface area contributed by atoms with Gasteiger partial charge in [0.2, 0.25) is 5.75 Å². The average Bonchev–Trinajstić information content (AvgIpc) is 2.77. The molecule has 0 bridgehead atoms. The lowest BCUT2D eigenvalue weighted by Crippen LogP contribution is -2.18. The first-order valence-corrected chi connectivity index (χ1v) is 9.52. The normalized spacial score (nSPS) is 10.6. The Kier molecular flexibility index (Phi) is 6.66. The Morgan fingerprint density at radius 3 is 2.20 bits per heavy atom. The van der Waals surface area contributed by atoms with Crippen molar-refractivity contribution in [2.75, 3.05) is 47.0 Å². The van der Waals surface area contributed by atoms with Gasteiger partial charge in [0.1, 0.15) is 17.7 Å². The number of methoxy groups -OCH3 is 4. The Bertz CT molecular complexity index is 1030. The summed E-state index contributed by atoms with van der Waals surface area (Å²) in [5, 5.41) is 0.799. The fraction of sp³-hybridized carbons (Fsp3) is 0.364. The lowest BCUT2D eigenvalue weighted by atomic mass is 10.1. The number of aromatic nitrogens is 2. The molecule has 0 N–H and O–H groups in total. The fourth-order valence-electron chi connectivity index (χ4n) is 3.39. The first-order valence-electron chi connectivity index (χ1n) is 9.52. The van der Waals surface area contributed by atoms with E-state index in [-0.39, 0.29) is 0 Å². The Labute approximate surface area is 176 Å². The van der Waals surface area contributed by atoms with Gasteiger partial charge in [0.15, 0.2) is 23.0 Å². The molecule has 0 saturated heterocycles. The van der Waals surface area contributed by atoms with E-state index in [4.69, 9.17) is 23.7 Å². The number of rotatable bonds is 9. The molecule has 0 aliphatic heterocycles. The van der Waals surface area contributed by atoms with Gasteiger partial charge < -0.3 is 28.6 Å². The molecule has 1 heterocycles. The third-order valence-corrected chi connectivity index (χ3v) is 4.72. The Balaban J connectivity index is 2.03. The van der Waals surface area contributed by atoms with Crippen LogP contribution in [0.5, 0.6) is 28.7 Å². The van der Waals surface area contributed by atoms with Crippen molar-refractivity contribution in [3.63, 3.8) is 0 Å². The van der Waals surface area contributed by atoms with Gasteiger partial charge in [-0.1, -0.05) is 6.07 Å². The number of hydrogen-bond donors (Lipinski definition) is 0.